The summed E-state index contributed by atoms with van der Waals surface area (Å²) in [5.74, 6) is 0.0656. The zero-order chi connectivity index (χ0) is 14.3. The van der Waals surface area contributed by atoms with Crippen LogP contribution in [-0.2, 0) is 6.42 Å². The van der Waals surface area contributed by atoms with Crippen LogP contribution in [0.15, 0.2) is 18.2 Å². The molecule has 1 atom stereocenters. The van der Waals surface area contributed by atoms with Crippen molar-refractivity contribution in [1.29, 1.82) is 0 Å². The molecule has 3 nitrogen and oxygen atoms in total. The van der Waals surface area contributed by atoms with Crippen molar-refractivity contribution >= 4 is 0 Å². The fourth-order valence-corrected chi connectivity index (χ4v) is 1.86. The molecular weight excluding hydrogens is 243 g/mol. The Morgan fingerprint density at radius 1 is 1.37 bits per heavy atom. The maximum absolute atomic E-state index is 13.8. The van der Waals surface area contributed by atoms with Crippen molar-refractivity contribution in [2.24, 2.45) is 5.73 Å². The number of nitrogens with two attached hydrogens (primary N) is 1. The predicted octanol–water partition coefficient (Wildman–Crippen LogP) is 2.44. The predicted molar refractivity (Wildman–Crippen MR) is 77.0 cm³/mol. The van der Waals surface area contributed by atoms with E-state index in [0.29, 0.717) is 18.8 Å². The Morgan fingerprint density at radius 2 is 2.11 bits per heavy atom. The lowest BCUT2D eigenvalue weighted by Gasteiger charge is -2.16. The van der Waals surface area contributed by atoms with Gasteiger partial charge >= 0.3 is 0 Å². The zero-order valence-corrected chi connectivity index (χ0v) is 12.2. The summed E-state index contributed by atoms with van der Waals surface area (Å²) in [6.45, 7) is 3.48. The molecule has 0 bridgehead atoms. The number of hydrogen-bond acceptors (Lipinski definition) is 3. The molecule has 4 heteroatoms. The van der Waals surface area contributed by atoms with Gasteiger partial charge in [0, 0.05) is 12.6 Å². The average Bonchev–Trinajstić information content (AvgIpc) is 2.36. The van der Waals surface area contributed by atoms with Gasteiger partial charge in [-0.2, -0.15) is 0 Å². The third-order valence-corrected chi connectivity index (χ3v) is 3.05. The van der Waals surface area contributed by atoms with Crippen LogP contribution in [0.4, 0.5) is 4.39 Å². The van der Waals surface area contributed by atoms with Crippen molar-refractivity contribution in [3.8, 4) is 5.75 Å². The summed E-state index contributed by atoms with van der Waals surface area (Å²) in [6, 6.07) is 5.08. The van der Waals surface area contributed by atoms with E-state index in [9.17, 15) is 4.39 Å². The first-order valence-corrected chi connectivity index (χ1v) is 6.85. The van der Waals surface area contributed by atoms with Gasteiger partial charge < -0.3 is 15.4 Å². The minimum absolute atomic E-state index is 0.0472. The van der Waals surface area contributed by atoms with Crippen LogP contribution in [0, 0.1) is 5.82 Å². The number of para-hydroxylation sites is 1. The van der Waals surface area contributed by atoms with Crippen molar-refractivity contribution < 1.29 is 9.13 Å². The van der Waals surface area contributed by atoms with Crippen LogP contribution in [0.2, 0.25) is 0 Å². The number of halogens is 1. The second kappa shape index (κ2) is 8.12. The van der Waals surface area contributed by atoms with Crippen molar-refractivity contribution in [2.45, 2.75) is 32.2 Å². The van der Waals surface area contributed by atoms with Crippen LogP contribution >= 0.6 is 0 Å². The summed E-state index contributed by atoms with van der Waals surface area (Å²) in [5.41, 5.74) is 6.79. The van der Waals surface area contributed by atoms with Crippen LogP contribution in [0.5, 0.6) is 5.75 Å². The SMILES string of the molecule is CCC(N)Cc1cccc(F)c1OCCCN(C)C. The third-order valence-electron chi connectivity index (χ3n) is 3.05. The fraction of sp³-hybridized carbons (Fsp3) is 0.600. The smallest absolute Gasteiger partial charge is 0.165 e. The Kier molecular flexibility index (Phi) is 6.81. The van der Waals surface area contributed by atoms with Crippen molar-refractivity contribution in [3.05, 3.63) is 29.6 Å². The summed E-state index contributed by atoms with van der Waals surface area (Å²) in [4.78, 5) is 2.08. The van der Waals surface area contributed by atoms with Gasteiger partial charge in [-0.05, 0) is 45.0 Å². The highest BCUT2D eigenvalue weighted by Gasteiger charge is 2.12. The van der Waals surface area contributed by atoms with Gasteiger partial charge in [0.1, 0.15) is 0 Å². The number of hydrogen-bond donors (Lipinski definition) is 1. The van der Waals surface area contributed by atoms with Crippen molar-refractivity contribution in [2.75, 3.05) is 27.2 Å². The van der Waals surface area contributed by atoms with Crippen LogP contribution < -0.4 is 10.5 Å². The molecular formula is C15H25FN2O. The summed E-state index contributed by atoms with van der Waals surface area (Å²) in [5, 5.41) is 0. The second-order valence-electron chi connectivity index (χ2n) is 5.11. The van der Waals surface area contributed by atoms with E-state index < -0.39 is 0 Å². The molecule has 0 radical (unpaired) electrons. The Hall–Kier alpha value is -1.13. The topological polar surface area (TPSA) is 38.5 Å². The number of rotatable bonds is 8. The molecule has 1 rings (SSSR count). The molecule has 0 heterocycles. The fourth-order valence-electron chi connectivity index (χ4n) is 1.86. The van der Waals surface area contributed by atoms with Gasteiger partial charge in [-0.3, -0.25) is 0 Å². The minimum Gasteiger partial charge on any atom is -0.490 e. The lowest BCUT2D eigenvalue weighted by atomic mass is 10.0. The molecule has 1 unspecified atom stereocenters. The van der Waals surface area contributed by atoms with Gasteiger partial charge in [-0.25, -0.2) is 4.39 Å². The standard InChI is InChI=1S/C15H25FN2O/c1-4-13(17)11-12-7-5-8-14(16)15(12)19-10-6-9-18(2)3/h5,7-8,13H,4,6,9-11,17H2,1-3H3. The van der Waals surface area contributed by atoms with E-state index in [1.165, 1.54) is 6.07 Å². The van der Waals surface area contributed by atoms with Gasteiger partial charge in [0.2, 0.25) is 0 Å². The van der Waals surface area contributed by atoms with Crippen molar-refractivity contribution in [3.63, 3.8) is 0 Å². The van der Waals surface area contributed by atoms with Gasteiger partial charge in [0.05, 0.1) is 6.61 Å². The quantitative estimate of drug-likeness (QED) is 0.736. The Bertz CT molecular complexity index is 382. The van der Waals surface area contributed by atoms with E-state index in [-0.39, 0.29) is 11.9 Å². The molecule has 0 saturated carbocycles. The summed E-state index contributed by atoms with van der Waals surface area (Å²) < 4.78 is 19.4. The average molecular weight is 268 g/mol. The molecule has 0 aliphatic rings. The summed E-state index contributed by atoms with van der Waals surface area (Å²) in [7, 11) is 4.02. The Balaban J connectivity index is 2.64. The Morgan fingerprint density at radius 3 is 2.74 bits per heavy atom. The first-order valence-electron chi connectivity index (χ1n) is 6.85. The highest BCUT2D eigenvalue weighted by atomic mass is 19.1. The number of nitrogens with zero attached hydrogens (tertiary/aromatic N) is 1. The monoisotopic (exact) mass is 268 g/mol. The van der Waals surface area contributed by atoms with E-state index in [0.717, 1.165) is 24.9 Å². The van der Waals surface area contributed by atoms with Gasteiger partial charge in [-0.1, -0.05) is 19.1 Å². The minimum atomic E-state index is -0.300. The van der Waals surface area contributed by atoms with Crippen LogP contribution in [0.1, 0.15) is 25.3 Å². The molecule has 2 N–H and O–H groups in total. The molecule has 0 aliphatic heterocycles. The number of ether oxygens (including phenoxy) is 1. The number of benzene rings is 1. The molecule has 0 aromatic heterocycles. The van der Waals surface area contributed by atoms with Gasteiger partial charge in [-0.15, -0.1) is 0 Å². The van der Waals surface area contributed by atoms with E-state index in [4.69, 9.17) is 10.5 Å². The molecule has 19 heavy (non-hydrogen) atoms. The molecule has 1 aromatic carbocycles. The van der Waals surface area contributed by atoms with Crippen LogP contribution in [-0.4, -0.2) is 38.2 Å². The first-order chi connectivity index (χ1) is 9.04. The molecule has 0 amide bonds. The van der Waals surface area contributed by atoms with Crippen LogP contribution in [0.25, 0.3) is 0 Å². The lowest BCUT2D eigenvalue weighted by molar-refractivity contribution is 0.268. The first kappa shape index (κ1) is 15.9. The summed E-state index contributed by atoms with van der Waals surface area (Å²) >= 11 is 0. The molecule has 0 saturated heterocycles. The van der Waals surface area contributed by atoms with E-state index in [2.05, 4.69) is 4.90 Å². The van der Waals surface area contributed by atoms with Crippen LogP contribution in [0.3, 0.4) is 0 Å². The highest BCUT2D eigenvalue weighted by Crippen LogP contribution is 2.24. The van der Waals surface area contributed by atoms with E-state index in [1.54, 1.807) is 6.07 Å². The third kappa shape index (κ3) is 5.57. The molecule has 0 fully saturated rings. The highest BCUT2D eigenvalue weighted by molar-refractivity contribution is 5.35. The molecule has 0 spiro atoms. The molecule has 108 valence electrons. The van der Waals surface area contributed by atoms with Gasteiger partial charge in [0.15, 0.2) is 11.6 Å². The molecule has 1 aromatic rings. The zero-order valence-electron chi connectivity index (χ0n) is 12.2. The maximum atomic E-state index is 13.8. The molecule has 0 aliphatic carbocycles. The van der Waals surface area contributed by atoms with Crippen molar-refractivity contribution in [1.82, 2.24) is 4.90 Å². The maximum Gasteiger partial charge on any atom is 0.165 e. The van der Waals surface area contributed by atoms with Gasteiger partial charge in [0.25, 0.3) is 0 Å². The lowest BCUT2D eigenvalue weighted by Crippen LogP contribution is -2.22. The summed E-state index contributed by atoms with van der Waals surface area (Å²) in [6.07, 6.45) is 2.40. The Labute approximate surface area is 115 Å². The van der Waals surface area contributed by atoms with E-state index >= 15 is 0 Å². The normalized spacial score (nSPS) is 12.7. The largest absolute Gasteiger partial charge is 0.490 e. The van der Waals surface area contributed by atoms with E-state index in [1.807, 2.05) is 27.1 Å². The second-order valence-corrected chi connectivity index (χ2v) is 5.11.